The number of halogens is 6. The van der Waals surface area contributed by atoms with Crippen molar-refractivity contribution in [2.24, 2.45) is 16.0 Å². The van der Waals surface area contributed by atoms with Crippen LogP contribution in [0.3, 0.4) is 0 Å². The lowest BCUT2D eigenvalue weighted by Crippen LogP contribution is -2.64. The van der Waals surface area contributed by atoms with Gasteiger partial charge >= 0.3 is 12.4 Å². The minimum absolute atomic E-state index is 0.0246. The van der Waals surface area contributed by atoms with Gasteiger partial charge in [-0.3, -0.25) is 19.4 Å². The minimum Gasteiger partial charge on any atom is -0.382 e. The quantitative estimate of drug-likeness (QED) is 0.325. The molecule has 0 bridgehead atoms. The molecule has 44 heavy (non-hydrogen) atoms. The highest BCUT2D eigenvalue weighted by molar-refractivity contribution is 6.37. The summed E-state index contributed by atoms with van der Waals surface area (Å²) in [6.45, 7) is 3.17. The molecule has 0 spiro atoms. The van der Waals surface area contributed by atoms with Gasteiger partial charge in [0.15, 0.2) is 11.7 Å². The number of methoxy groups -OCH3 is 1. The second-order valence-electron chi connectivity index (χ2n) is 10.6. The van der Waals surface area contributed by atoms with Gasteiger partial charge in [-0.15, -0.1) is 0 Å². The number of aliphatic imine (C=N–C) groups is 1. The maximum atomic E-state index is 13.4. The summed E-state index contributed by atoms with van der Waals surface area (Å²) in [5, 5.41) is 3.40. The molecule has 1 unspecified atom stereocenters. The number of pyridine rings is 1. The molecule has 0 aromatic carbocycles. The number of alkyl halides is 6. The SMILES string of the molecule is COC[C@@H](COCCC(=O)N1CCN2c3ncc(C(F)(F)F)cc3N(C(C)C)C(=O)[C@H]2C1)N=C1C=NNC(=O)C1C(F)(F)F. The highest BCUT2D eigenvalue weighted by Crippen LogP contribution is 2.40. The van der Waals surface area contributed by atoms with E-state index in [4.69, 9.17) is 9.47 Å². The first-order valence-corrected chi connectivity index (χ1v) is 13.6. The molecule has 18 heteroatoms. The molecule has 0 saturated carbocycles. The second-order valence-corrected chi connectivity index (χ2v) is 10.6. The summed E-state index contributed by atoms with van der Waals surface area (Å²) < 4.78 is 90.8. The first kappa shape index (κ1) is 33.1. The summed E-state index contributed by atoms with van der Waals surface area (Å²) in [6, 6.07) is -1.35. The van der Waals surface area contributed by atoms with E-state index < -0.39 is 59.5 Å². The van der Waals surface area contributed by atoms with E-state index in [2.05, 4.69) is 15.1 Å². The van der Waals surface area contributed by atoms with Crippen LogP contribution in [-0.4, -0.2) is 110 Å². The molecule has 3 aliphatic rings. The van der Waals surface area contributed by atoms with Gasteiger partial charge < -0.3 is 24.2 Å². The van der Waals surface area contributed by atoms with Crippen LogP contribution in [0.2, 0.25) is 0 Å². The average molecular weight is 636 g/mol. The highest BCUT2D eigenvalue weighted by atomic mass is 19.4. The predicted molar refractivity (Wildman–Crippen MR) is 144 cm³/mol. The van der Waals surface area contributed by atoms with Crippen molar-refractivity contribution >= 4 is 41.2 Å². The third kappa shape index (κ3) is 7.11. The Bertz CT molecular complexity index is 1320. The van der Waals surface area contributed by atoms with Crippen LogP contribution in [0.4, 0.5) is 37.8 Å². The highest BCUT2D eigenvalue weighted by Gasteiger charge is 2.49. The fourth-order valence-corrected chi connectivity index (χ4v) is 5.21. The summed E-state index contributed by atoms with van der Waals surface area (Å²) in [5.41, 5.74) is 0.248. The molecule has 0 aliphatic carbocycles. The van der Waals surface area contributed by atoms with Crippen molar-refractivity contribution in [1.82, 2.24) is 15.3 Å². The fourth-order valence-electron chi connectivity index (χ4n) is 5.21. The summed E-state index contributed by atoms with van der Waals surface area (Å²) in [4.78, 5) is 50.5. The van der Waals surface area contributed by atoms with Crippen LogP contribution in [0.15, 0.2) is 22.4 Å². The van der Waals surface area contributed by atoms with Crippen molar-refractivity contribution in [3.63, 3.8) is 0 Å². The maximum Gasteiger partial charge on any atom is 0.417 e. The van der Waals surface area contributed by atoms with Crippen LogP contribution in [0, 0.1) is 5.92 Å². The number of nitrogens with zero attached hydrogens (tertiary/aromatic N) is 6. The van der Waals surface area contributed by atoms with Crippen molar-refractivity contribution in [3.8, 4) is 0 Å². The molecule has 0 radical (unpaired) electrons. The van der Waals surface area contributed by atoms with E-state index in [9.17, 15) is 40.7 Å². The van der Waals surface area contributed by atoms with E-state index >= 15 is 0 Å². The molecule has 4 heterocycles. The number of rotatable bonds is 9. The molecule has 3 atom stereocenters. The molecule has 1 N–H and O–H groups in total. The first-order chi connectivity index (χ1) is 20.6. The molecule has 1 fully saturated rings. The summed E-state index contributed by atoms with van der Waals surface area (Å²) in [6.07, 6.45) is -8.12. The number of aromatic nitrogens is 1. The van der Waals surface area contributed by atoms with Gasteiger partial charge in [0.05, 0.1) is 62.0 Å². The van der Waals surface area contributed by atoms with E-state index in [1.54, 1.807) is 24.2 Å². The molecule has 1 aromatic rings. The topological polar surface area (TPSA) is 129 Å². The zero-order valence-electron chi connectivity index (χ0n) is 24.0. The summed E-state index contributed by atoms with van der Waals surface area (Å²) >= 11 is 0. The van der Waals surface area contributed by atoms with Gasteiger partial charge in [-0.1, -0.05) is 0 Å². The Balaban J connectivity index is 1.38. The molecule has 3 aliphatic heterocycles. The van der Waals surface area contributed by atoms with Crippen LogP contribution in [-0.2, 0) is 30.0 Å². The van der Waals surface area contributed by atoms with E-state index in [1.807, 2.05) is 0 Å². The molecule has 242 valence electrons. The smallest absolute Gasteiger partial charge is 0.382 e. The van der Waals surface area contributed by atoms with Crippen LogP contribution < -0.4 is 15.2 Å². The number of amides is 3. The predicted octanol–water partition coefficient (Wildman–Crippen LogP) is 2.03. The standard InChI is InChI=1S/C26H31F6N7O5/c1-14(2)39-18-8-15(25(27,28)29)9-33-22(18)38-6-5-37(11-19(38)24(39)42)20(40)4-7-44-13-16(12-43-3)35-17-10-34-36-23(41)21(17)26(30,31)32/h8-10,14,16,19,21H,4-7,11-13H2,1-3H3,(H,36,41)/t16-,19+,21?/m0/s1. The van der Waals surface area contributed by atoms with Crippen LogP contribution in [0.25, 0.3) is 0 Å². The number of nitrogens with one attached hydrogen (secondary N) is 1. The Hall–Kier alpha value is -3.80. The lowest BCUT2D eigenvalue weighted by Gasteiger charge is -2.48. The Kier molecular flexibility index (Phi) is 9.82. The van der Waals surface area contributed by atoms with Crippen molar-refractivity contribution in [1.29, 1.82) is 0 Å². The van der Waals surface area contributed by atoms with Gasteiger partial charge in [0.1, 0.15) is 6.04 Å². The van der Waals surface area contributed by atoms with Gasteiger partial charge in [0.2, 0.25) is 5.91 Å². The van der Waals surface area contributed by atoms with Crippen LogP contribution in [0.5, 0.6) is 0 Å². The van der Waals surface area contributed by atoms with Crippen molar-refractivity contribution in [2.45, 2.75) is 50.7 Å². The molecule has 12 nitrogen and oxygen atoms in total. The first-order valence-electron chi connectivity index (χ1n) is 13.6. The lowest BCUT2D eigenvalue weighted by molar-refractivity contribution is -0.168. The minimum atomic E-state index is -4.89. The Morgan fingerprint density at radius 3 is 2.52 bits per heavy atom. The van der Waals surface area contributed by atoms with Gasteiger partial charge in [-0.05, 0) is 19.9 Å². The van der Waals surface area contributed by atoms with Crippen molar-refractivity contribution in [2.75, 3.05) is 56.4 Å². The molecular weight excluding hydrogens is 604 g/mol. The molecule has 3 amide bonds. The number of piperazine rings is 1. The van der Waals surface area contributed by atoms with Crippen molar-refractivity contribution < 1.29 is 50.2 Å². The van der Waals surface area contributed by atoms with Gasteiger partial charge in [0.25, 0.3) is 11.8 Å². The zero-order valence-corrected chi connectivity index (χ0v) is 24.0. The Morgan fingerprint density at radius 2 is 1.89 bits per heavy atom. The van der Waals surface area contributed by atoms with Crippen LogP contribution in [0.1, 0.15) is 25.8 Å². The molecule has 1 saturated heterocycles. The normalized spacial score (nSPS) is 22.3. The van der Waals surface area contributed by atoms with E-state index in [0.717, 1.165) is 18.5 Å². The van der Waals surface area contributed by atoms with E-state index in [0.29, 0.717) is 0 Å². The van der Waals surface area contributed by atoms with Crippen molar-refractivity contribution in [3.05, 3.63) is 17.8 Å². The van der Waals surface area contributed by atoms with Gasteiger partial charge in [-0.2, -0.15) is 31.4 Å². The largest absolute Gasteiger partial charge is 0.417 e. The number of ether oxygens (including phenoxy) is 2. The lowest BCUT2D eigenvalue weighted by atomic mass is 10.0. The molecule has 4 rings (SSSR count). The number of hydrogen-bond acceptors (Lipinski definition) is 9. The second kappa shape index (κ2) is 13.1. The molecule has 1 aromatic heterocycles. The monoisotopic (exact) mass is 635 g/mol. The fraction of sp³-hybridized carbons (Fsp3) is 0.615. The number of carbonyl (C=O) groups is 3. The summed E-state index contributed by atoms with van der Waals surface area (Å²) in [7, 11) is 1.31. The average Bonchev–Trinajstić information content (AvgIpc) is 2.93. The van der Waals surface area contributed by atoms with E-state index in [-0.39, 0.29) is 63.3 Å². The van der Waals surface area contributed by atoms with Crippen LogP contribution >= 0.6 is 0 Å². The molecular formula is C26H31F6N7O5. The summed E-state index contributed by atoms with van der Waals surface area (Å²) in [5.74, 6) is -4.45. The van der Waals surface area contributed by atoms with Gasteiger partial charge in [0, 0.05) is 32.4 Å². The third-order valence-electron chi connectivity index (χ3n) is 7.20. The number of hydrogen-bond donors (Lipinski definition) is 1. The third-order valence-corrected chi connectivity index (χ3v) is 7.20. The Morgan fingerprint density at radius 1 is 1.16 bits per heavy atom. The number of carbonyl (C=O) groups excluding carboxylic acids is 3. The maximum absolute atomic E-state index is 13.4. The number of anilines is 2. The van der Waals surface area contributed by atoms with Gasteiger partial charge in [-0.25, -0.2) is 10.4 Å². The zero-order chi connectivity index (χ0) is 32.4. The number of hydrazone groups is 1. The van der Waals surface area contributed by atoms with E-state index in [1.165, 1.54) is 16.9 Å². The number of fused-ring (bicyclic) bond motifs is 3. The Labute approximate surface area is 248 Å².